The Labute approximate surface area is 144 Å². The standard InChI is InChI=1S/C20H25N3O/c1-23(19-11-12-19)20(21)22-13-16-7-9-18(10-8-16)15-24-14-17-5-3-2-4-6-17/h2-10,19H,11-15H2,1H3,(H2,21,22). The lowest BCUT2D eigenvalue weighted by Crippen LogP contribution is -2.35. The summed E-state index contributed by atoms with van der Waals surface area (Å²) in [7, 11) is 2.02. The van der Waals surface area contributed by atoms with Crippen molar-refractivity contribution in [2.45, 2.75) is 38.6 Å². The Hall–Kier alpha value is -2.33. The zero-order valence-electron chi connectivity index (χ0n) is 14.2. The Morgan fingerprint density at radius 2 is 1.58 bits per heavy atom. The molecule has 126 valence electrons. The quantitative estimate of drug-likeness (QED) is 0.628. The zero-order valence-corrected chi connectivity index (χ0v) is 14.2. The van der Waals surface area contributed by atoms with Crippen molar-refractivity contribution in [3.63, 3.8) is 0 Å². The smallest absolute Gasteiger partial charge is 0.191 e. The van der Waals surface area contributed by atoms with Crippen molar-refractivity contribution in [3.05, 3.63) is 71.3 Å². The molecule has 1 aliphatic rings. The summed E-state index contributed by atoms with van der Waals surface area (Å²) in [6.07, 6.45) is 2.45. The number of aliphatic imine (C=N–C) groups is 1. The third kappa shape index (κ3) is 4.83. The van der Waals surface area contributed by atoms with Crippen molar-refractivity contribution < 1.29 is 4.74 Å². The first-order valence-electron chi connectivity index (χ1n) is 8.44. The van der Waals surface area contributed by atoms with Crippen LogP contribution in [0.25, 0.3) is 0 Å². The molecule has 24 heavy (non-hydrogen) atoms. The number of guanidine groups is 1. The Morgan fingerprint density at radius 3 is 2.21 bits per heavy atom. The minimum Gasteiger partial charge on any atom is -0.372 e. The normalized spacial score (nSPS) is 14.6. The molecule has 0 amide bonds. The number of nitrogens with two attached hydrogens (primary N) is 1. The third-order valence-corrected chi connectivity index (χ3v) is 4.28. The largest absolute Gasteiger partial charge is 0.372 e. The molecule has 0 radical (unpaired) electrons. The maximum Gasteiger partial charge on any atom is 0.191 e. The third-order valence-electron chi connectivity index (χ3n) is 4.28. The second-order valence-corrected chi connectivity index (χ2v) is 6.31. The summed E-state index contributed by atoms with van der Waals surface area (Å²) in [4.78, 5) is 6.55. The molecule has 1 fully saturated rings. The van der Waals surface area contributed by atoms with Gasteiger partial charge >= 0.3 is 0 Å². The summed E-state index contributed by atoms with van der Waals surface area (Å²) in [5.74, 6) is 0.632. The van der Waals surface area contributed by atoms with Crippen molar-refractivity contribution in [1.29, 1.82) is 0 Å². The van der Waals surface area contributed by atoms with Crippen LogP contribution in [-0.2, 0) is 24.5 Å². The predicted molar refractivity (Wildman–Crippen MR) is 97.5 cm³/mol. The summed E-state index contributed by atoms with van der Waals surface area (Å²) in [5, 5.41) is 0. The summed E-state index contributed by atoms with van der Waals surface area (Å²) in [6, 6.07) is 19.2. The predicted octanol–water partition coefficient (Wildman–Crippen LogP) is 3.31. The molecule has 4 nitrogen and oxygen atoms in total. The number of nitrogens with zero attached hydrogens (tertiary/aromatic N) is 2. The van der Waals surface area contributed by atoms with Crippen LogP contribution in [-0.4, -0.2) is 23.9 Å². The molecule has 1 saturated carbocycles. The SMILES string of the molecule is CN(C(N)=NCc1ccc(COCc2ccccc2)cc1)C1CC1. The van der Waals surface area contributed by atoms with Gasteiger partial charge < -0.3 is 15.4 Å². The van der Waals surface area contributed by atoms with Gasteiger partial charge in [0.05, 0.1) is 19.8 Å². The van der Waals surface area contributed by atoms with E-state index in [1.807, 2.05) is 25.2 Å². The first-order chi connectivity index (χ1) is 11.7. The van der Waals surface area contributed by atoms with E-state index in [1.54, 1.807) is 0 Å². The molecule has 0 bridgehead atoms. The van der Waals surface area contributed by atoms with E-state index < -0.39 is 0 Å². The van der Waals surface area contributed by atoms with Gasteiger partial charge in [-0.3, -0.25) is 0 Å². The van der Waals surface area contributed by atoms with E-state index in [1.165, 1.54) is 24.0 Å². The van der Waals surface area contributed by atoms with Crippen molar-refractivity contribution in [2.24, 2.45) is 10.7 Å². The first-order valence-corrected chi connectivity index (χ1v) is 8.44. The first kappa shape index (κ1) is 16.5. The number of hydrogen-bond acceptors (Lipinski definition) is 2. The van der Waals surface area contributed by atoms with Crippen LogP contribution in [0.4, 0.5) is 0 Å². The van der Waals surface area contributed by atoms with Gasteiger partial charge in [0.15, 0.2) is 5.96 Å². The summed E-state index contributed by atoms with van der Waals surface area (Å²) in [5.41, 5.74) is 9.54. The molecule has 4 heteroatoms. The zero-order chi connectivity index (χ0) is 16.8. The fourth-order valence-electron chi connectivity index (χ4n) is 2.53. The Morgan fingerprint density at radius 1 is 1.00 bits per heavy atom. The van der Waals surface area contributed by atoms with Crippen LogP contribution < -0.4 is 5.73 Å². The number of ether oxygens (including phenoxy) is 1. The van der Waals surface area contributed by atoms with Crippen LogP contribution in [0.5, 0.6) is 0 Å². The second kappa shape index (κ2) is 7.97. The lowest BCUT2D eigenvalue weighted by molar-refractivity contribution is 0.107. The summed E-state index contributed by atoms with van der Waals surface area (Å²) in [6.45, 7) is 1.87. The van der Waals surface area contributed by atoms with Gasteiger partial charge in [0.1, 0.15) is 0 Å². The highest BCUT2D eigenvalue weighted by Crippen LogP contribution is 2.24. The van der Waals surface area contributed by atoms with E-state index in [-0.39, 0.29) is 0 Å². The average Bonchev–Trinajstić information content (AvgIpc) is 3.46. The minimum absolute atomic E-state index is 0.595. The fourth-order valence-corrected chi connectivity index (χ4v) is 2.53. The fraction of sp³-hybridized carbons (Fsp3) is 0.350. The van der Waals surface area contributed by atoms with Crippen LogP contribution in [0.1, 0.15) is 29.5 Å². The number of rotatable bonds is 7. The molecule has 0 heterocycles. The molecule has 0 atom stereocenters. The van der Waals surface area contributed by atoms with Crippen molar-refractivity contribution in [1.82, 2.24) is 4.90 Å². The van der Waals surface area contributed by atoms with E-state index in [0.717, 1.165) is 5.56 Å². The Balaban J connectivity index is 1.45. The van der Waals surface area contributed by atoms with Crippen LogP contribution in [0.2, 0.25) is 0 Å². The van der Waals surface area contributed by atoms with Gasteiger partial charge in [0, 0.05) is 13.1 Å². The van der Waals surface area contributed by atoms with Gasteiger partial charge in [0.25, 0.3) is 0 Å². The highest BCUT2D eigenvalue weighted by atomic mass is 16.5. The molecule has 2 N–H and O–H groups in total. The molecule has 0 unspecified atom stereocenters. The molecule has 3 rings (SSSR count). The minimum atomic E-state index is 0.595. The molecule has 2 aromatic rings. The second-order valence-electron chi connectivity index (χ2n) is 6.31. The summed E-state index contributed by atoms with van der Waals surface area (Å²) >= 11 is 0. The van der Waals surface area contributed by atoms with Crippen molar-refractivity contribution in [3.8, 4) is 0 Å². The van der Waals surface area contributed by atoms with E-state index >= 15 is 0 Å². The van der Waals surface area contributed by atoms with E-state index in [4.69, 9.17) is 10.5 Å². The van der Waals surface area contributed by atoms with Crippen molar-refractivity contribution >= 4 is 5.96 Å². The van der Waals surface area contributed by atoms with Crippen molar-refractivity contribution in [2.75, 3.05) is 7.05 Å². The highest BCUT2D eigenvalue weighted by molar-refractivity contribution is 5.78. The number of benzene rings is 2. The molecular weight excluding hydrogens is 298 g/mol. The van der Waals surface area contributed by atoms with Gasteiger partial charge in [-0.2, -0.15) is 0 Å². The molecule has 1 aliphatic carbocycles. The van der Waals surface area contributed by atoms with Crippen LogP contribution in [0.3, 0.4) is 0 Å². The van der Waals surface area contributed by atoms with E-state index in [2.05, 4.69) is 46.3 Å². The van der Waals surface area contributed by atoms with Gasteiger partial charge in [-0.1, -0.05) is 54.6 Å². The Bertz CT molecular complexity index is 663. The molecule has 0 spiro atoms. The van der Waals surface area contributed by atoms with Crippen LogP contribution >= 0.6 is 0 Å². The maximum absolute atomic E-state index is 6.01. The topological polar surface area (TPSA) is 50.8 Å². The summed E-state index contributed by atoms with van der Waals surface area (Å²) < 4.78 is 5.75. The lowest BCUT2D eigenvalue weighted by Gasteiger charge is -2.16. The molecule has 2 aromatic carbocycles. The maximum atomic E-state index is 6.01. The lowest BCUT2D eigenvalue weighted by atomic mass is 10.1. The van der Waals surface area contributed by atoms with Crippen LogP contribution in [0, 0.1) is 0 Å². The van der Waals surface area contributed by atoms with Gasteiger partial charge in [0.2, 0.25) is 0 Å². The molecular formula is C20H25N3O. The van der Waals surface area contributed by atoms with E-state index in [9.17, 15) is 0 Å². The van der Waals surface area contributed by atoms with E-state index in [0.29, 0.717) is 31.8 Å². The van der Waals surface area contributed by atoms with Crippen LogP contribution in [0.15, 0.2) is 59.6 Å². The van der Waals surface area contributed by atoms with Gasteiger partial charge in [-0.05, 0) is 29.5 Å². The molecule has 0 saturated heterocycles. The average molecular weight is 323 g/mol. The van der Waals surface area contributed by atoms with Gasteiger partial charge in [-0.15, -0.1) is 0 Å². The monoisotopic (exact) mass is 323 g/mol. The van der Waals surface area contributed by atoms with Gasteiger partial charge in [-0.25, -0.2) is 4.99 Å². The molecule has 0 aromatic heterocycles. The Kier molecular flexibility index (Phi) is 5.49. The highest BCUT2D eigenvalue weighted by Gasteiger charge is 2.27. The molecule has 0 aliphatic heterocycles. The number of hydrogen-bond donors (Lipinski definition) is 1.